The summed E-state index contributed by atoms with van der Waals surface area (Å²) in [6.45, 7) is 14.7. The van der Waals surface area contributed by atoms with Crippen molar-refractivity contribution in [1.82, 2.24) is 14.8 Å². The summed E-state index contributed by atoms with van der Waals surface area (Å²) in [6.07, 6.45) is 0.271. The van der Waals surface area contributed by atoms with E-state index in [1.165, 1.54) is 0 Å². The maximum absolute atomic E-state index is 12.8. The minimum absolute atomic E-state index is 0.131. The number of rotatable bonds is 10. The summed E-state index contributed by atoms with van der Waals surface area (Å²) in [5.41, 5.74) is 1.10. The third kappa shape index (κ3) is 5.82. The van der Waals surface area contributed by atoms with Crippen molar-refractivity contribution < 1.29 is 23.9 Å². The van der Waals surface area contributed by atoms with Crippen LogP contribution in [-0.2, 0) is 19.1 Å². The molecule has 0 N–H and O–H groups in total. The van der Waals surface area contributed by atoms with Crippen LogP contribution in [0.1, 0.15) is 47.0 Å². The molecule has 11 nitrogen and oxygen atoms in total. The largest absolute Gasteiger partial charge is 0.422 e. The highest BCUT2D eigenvalue weighted by molar-refractivity contribution is 6.03. The molecule has 2 amide bonds. The van der Waals surface area contributed by atoms with Crippen LogP contribution >= 0.6 is 0 Å². The van der Waals surface area contributed by atoms with Gasteiger partial charge >= 0.3 is 6.09 Å². The second kappa shape index (κ2) is 12.6. The van der Waals surface area contributed by atoms with Gasteiger partial charge in [-0.05, 0) is 52.7 Å². The summed E-state index contributed by atoms with van der Waals surface area (Å²) in [5.74, 6) is 1.54. The van der Waals surface area contributed by atoms with Crippen LogP contribution in [0.25, 0.3) is 0 Å². The van der Waals surface area contributed by atoms with Crippen LogP contribution in [0.4, 0.5) is 22.1 Å². The zero-order valence-corrected chi connectivity index (χ0v) is 23.2. The molecule has 2 unspecified atom stereocenters. The lowest BCUT2D eigenvalue weighted by atomic mass is 9.97. The van der Waals surface area contributed by atoms with Gasteiger partial charge in [-0.15, -0.1) is 0 Å². The molecule has 0 radical (unpaired) electrons. The highest BCUT2D eigenvalue weighted by Crippen LogP contribution is 2.31. The van der Waals surface area contributed by atoms with E-state index in [-0.39, 0.29) is 30.9 Å². The molecular weight excluding hydrogens is 488 g/mol. The summed E-state index contributed by atoms with van der Waals surface area (Å²) >= 11 is 0. The Bertz CT molecular complexity index is 990. The summed E-state index contributed by atoms with van der Waals surface area (Å²) < 4.78 is 11.1. The van der Waals surface area contributed by atoms with Crippen LogP contribution in [0.5, 0.6) is 0 Å². The zero-order valence-electron chi connectivity index (χ0n) is 23.2. The van der Waals surface area contributed by atoms with Crippen molar-refractivity contribution in [3.63, 3.8) is 0 Å². The predicted molar refractivity (Wildman–Crippen MR) is 146 cm³/mol. The molecular formula is C27H42N6O5. The highest BCUT2D eigenvalue weighted by atomic mass is 16.7. The van der Waals surface area contributed by atoms with Gasteiger partial charge in [0.25, 0.3) is 0 Å². The normalized spacial score (nSPS) is 21.5. The van der Waals surface area contributed by atoms with E-state index in [1.54, 1.807) is 9.80 Å². The molecule has 1 aromatic rings. The second-order valence-electron chi connectivity index (χ2n) is 9.89. The van der Waals surface area contributed by atoms with Crippen molar-refractivity contribution in [2.75, 3.05) is 80.4 Å². The van der Waals surface area contributed by atoms with E-state index in [0.29, 0.717) is 32.7 Å². The van der Waals surface area contributed by atoms with Crippen LogP contribution < -0.4 is 14.7 Å². The Morgan fingerprint density at radius 2 is 1.66 bits per heavy atom. The zero-order chi connectivity index (χ0) is 27.2. The van der Waals surface area contributed by atoms with Gasteiger partial charge in [0.2, 0.25) is 5.91 Å². The molecule has 3 aliphatic rings. The van der Waals surface area contributed by atoms with Gasteiger partial charge in [0, 0.05) is 58.9 Å². The number of anilines is 3. The van der Waals surface area contributed by atoms with Gasteiger partial charge in [-0.25, -0.2) is 9.78 Å². The van der Waals surface area contributed by atoms with E-state index in [4.69, 9.17) is 14.5 Å². The molecule has 3 aliphatic heterocycles. The number of aromatic nitrogens is 1. The number of nitrogens with zero attached hydrogens (tertiary/aromatic N) is 6. The molecule has 210 valence electrons. The van der Waals surface area contributed by atoms with Crippen molar-refractivity contribution in [2.45, 2.75) is 59.1 Å². The number of pyridine rings is 1. The summed E-state index contributed by atoms with van der Waals surface area (Å²) in [6, 6.07) is 4.01. The topological polar surface area (TPSA) is 98.8 Å². The van der Waals surface area contributed by atoms with Gasteiger partial charge in [0.05, 0.1) is 18.2 Å². The maximum Gasteiger partial charge on any atom is 0.412 e. The molecule has 4 heterocycles. The molecule has 3 fully saturated rings. The van der Waals surface area contributed by atoms with Gasteiger partial charge in [-0.2, -0.15) is 0 Å². The fraction of sp³-hybridized carbons (Fsp3) is 0.704. The molecule has 4 rings (SSSR count). The lowest BCUT2D eigenvalue weighted by molar-refractivity contribution is -0.160. The van der Waals surface area contributed by atoms with Crippen LogP contribution in [0.15, 0.2) is 12.1 Å². The molecule has 0 saturated carbocycles. The smallest absolute Gasteiger partial charge is 0.412 e. The SMILES string of the molecule is CCN(CC)c1ccc(N(CC)CC)c(N2CCN(C(=O)OCOC3C(=O)CC(=O)N4CCCC34)CC2)n1. The van der Waals surface area contributed by atoms with E-state index in [1.807, 2.05) is 0 Å². The van der Waals surface area contributed by atoms with Crippen molar-refractivity contribution in [3.8, 4) is 0 Å². The van der Waals surface area contributed by atoms with Gasteiger partial charge in [0.1, 0.15) is 11.9 Å². The second-order valence-corrected chi connectivity index (χ2v) is 9.89. The number of piperidine rings is 1. The Morgan fingerprint density at radius 1 is 0.974 bits per heavy atom. The number of hydrogen-bond acceptors (Lipinski definition) is 9. The van der Waals surface area contributed by atoms with E-state index in [0.717, 1.165) is 56.3 Å². The Labute approximate surface area is 225 Å². The Kier molecular flexibility index (Phi) is 9.30. The number of carbonyl (C=O) groups is 3. The first kappa shape index (κ1) is 27.9. The Hall–Kier alpha value is -3.08. The van der Waals surface area contributed by atoms with Crippen molar-refractivity contribution in [3.05, 3.63) is 12.1 Å². The third-order valence-corrected chi connectivity index (χ3v) is 7.91. The number of Topliss-reactive ketones (excluding diaryl/α,β-unsaturated/α-hetero) is 1. The molecule has 11 heteroatoms. The van der Waals surface area contributed by atoms with Crippen molar-refractivity contribution >= 4 is 35.1 Å². The first-order valence-electron chi connectivity index (χ1n) is 14.0. The van der Waals surface area contributed by atoms with Crippen molar-refractivity contribution in [1.29, 1.82) is 0 Å². The summed E-state index contributed by atoms with van der Waals surface area (Å²) in [5, 5.41) is 0. The standard InChI is InChI=1S/C27H42N6O5/c1-5-29(6-2)21-11-12-23(30(7-3)8-4)28-26(21)31-14-16-32(17-15-31)27(36)38-19-37-25-20-10-9-13-33(20)24(35)18-22(25)34/h11-12,20,25H,5-10,13-19H2,1-4H3. The minimum atomic E-state index is -0.720. The van der Waals surface area contributed by atoms with E-state index in [9.17, 15) is 14.4 Å². The fourth-order valence-corrected chi connectivity index (χ4v) is 5.74. The van der Waals surface area contributed by atoms with Crippen LogP contribution in [0.2, 0.25) is 0 Å². The first-order chi connectivity index (χ1) is 18.4. The third-order valence-electron chi connectivity index (χ3n) is 7.91. The predicted octanol–water partition coefficient (Wildman–Crippen LogP) is 2.34. The average Bonchev–Trinajstić information content (AvgIpc) is 3.43. The number of fused-ring (bicyclic) bond motifs is 1. The molecule has 0 spiro atoms. The number of amides is 2. The quantitative estimate of drug-likeness (QED) is 0.333. The van der Waals surface area contributed by atoms with E-state index in [2.05, 4.69) is 54.5 Å². The van der Waals surface area contributed by atoms with Gasteiger partial charge in [-0.3, -0.25) is 9.59 Å². The molecule has 1 aromatic heterocycles. The summed E-state index contributed by atoms with van der Waals surface area (Å²) in [7, 11) is 0. The van der Waals surface area contributed by atoms with E-state index < -0.39 is 12.2 Å². The summed E-state index contributed by atoms with van der Waals surface area (Å²) in [4.78, 5) is 52.4. The van der Waals surface area contributed by atoms with Crippen molar-refractivity contribution in [2.24, 2.45) is 0 Å². The number of ether oxygens (including phenoxy) is 2. The molecule has 2 atom stereocenters. The Morgan fingerprint density at radius 3 is 2.32 bits per heavy atom. The molecule has 38 heavy (non-hydrogen) atoms. The number of piperazine rings is 1. The molecule has 3 saturated heterocycles. The van der Waals surface area contributed by atoms with Crippen LogP contribution in [-0.4, -0.2) is 110 Å². The number of ketones is 1. The first-order valence-corrected chi connectivity index (χ1v) is 14.0. The lowest BCUT2D eigenvalue weighted by Crippen LogP contribution is -2.54. The lowest BCUT2D eigenvalue weighted by Gasteiger charge is -2.38. The monoisotopic (exact) mass is 530 g/mol. The highest BCUT2D eigenvalue weighted by Gasteiger charge is 2.44. The van der Waals surface area contributed by atoms with Gasteiger partial charge < -0.3 is 34.0 Å². The maximum atomic E-state index is 12.8. The molecule has 0 aliphatic carbocycles. The fourth-order valence-electron chi connectivity index (χ4n) is 5.74. The molecule has 0 aromatic carbocycles. The number of hydrogen-bond donors (Lipinski definition) is 0. The van der Waals surface area contributed by atoms with Gasteiger partial charge in [-0.1, -0.05) is 0 Å². The average molecular weight is 531 g/mol. The van der Waals surface area contributed by atoms with Crippen LogP contribution in [0.3, 0.4) is 0 Å². The van der Waals surface area contributed by atoms with E-state index >= 15 is 0 Å². The minimum Gasteiger partial charge on any atom is -0.422 e. The van der Waals surface area contributed by atoms with Crippen LogP contribution in [0, 0.1) is 0 Å². The molecule has 0 bridgehead atoms. The number of carbonyl (C=O) groups excluding carboxylic acids is 3. The Balaban J connectivity index is 1.34. The van der Waals surface area contributed by atoms with Gasteiger partial charge in [0.15, 0.2) is 18.4 Å².